The van der Waals surface area contributed by atoms with Gasteiger partial charge in [-0.2, -0.15) is 0 Å². The zero-order valence-corrected chi connectivity index (χ0v) is 9.24. The van der Waals surface area contributed by atoms with Gasteiger partial charge in [0.1, 0.15) is 6.17 Å². The summed E-state index contributed by atoms with van der Waals surface area (Å²) in [6.45, 7) is 2.96. The molecule has 0 amide bonds. The SMILES string of the molecule is Cc1sccc1C(F)C1CCCCN1. The van der Waals surface area contributed by atoms with Crippen LogP contribution in [0.2, 0.25) is 0 Å². The van der Waals surface area contributed by atoms with Crippen LogP contribution in [0.5, 0.6) is 0 Å². The Kier molecular flexibility index (Phi) is 3.19. The molecule has 1 aromatic heterocycles. The van der Waals surface area contributed by atoms with Crippen LogP contribution in [0.1, 0.15) is 35.9 Å². The number of aryl methyl sites for hydroxylation is 1. The Balaban J connectivity index is 2.07. The smallest absolute Gasteiger partial charge is 0.141 e. The van der Waals surface area contributed by atoms with Crippen LogP contribution in [-0.2, 0) is 0 Å². The van der Waals surface area contributed by atoms with E-state index in [2.05, 4.69) is 5.32 Å². The van der Waals surface area contributed by atoms with Crippen molar-refractivity contribution in [1.82, 2.24) is 5.32 Å². The van der Waals surface area contributed by atoms with Crippen molar-refractivity contribution in [3.63, 3.8) is 0 Å². The molecule has 1 aliphatic rings. The molecule has 14 heavy (non-hydrogen) atoms. The van der Waals surface area contributed by atoms with Gasteiger partial charge in [0, 0.05) is 16.5 Å². The third-order valence-corrected chi connectivity index (χ3v) is 3.76. The molecule has 1 fully saturated rings. The number of halogens is 1. The zero-order chi connectivity index (χ0) is 9.97. The lowest BCUT2D eigenvalue weighted by Crippen LogP contribution is -2.37. The summed E-state index contributed by atoms with van der Waals surface area (Å²) in [6.07, 6.45) is 2.49. The maximum Gasteiger partial charge on any atom is 0.141 e. The van der Waals surface area contributed by atoms with Gasteiger partial charge in [-0.3, -0.25) is 0 Å². The van der Waals surface area contributed by atoms with Crippen molar-refractivity contribution in [3.8, 4) is 0 Å². The van der Waals surface area contributed by atoms with Crippen molar-refractivity contribution in [1.29, 1.82) is 0 Å². The van der Waals surface area contributed by atoms with Crippen LogP contribution in [-0.4, -0.2) is 12.6 Å². The second-order valence-corrected chi connectivity index (χ2v) is 5.01. The molecule has 1 aliphatic heterocycles. The first kappa shape index (κ1) is 10.1. The summed E-state index contributed by atoms with van der Waals surface area (Å²) in [7, 11) is 0. The Morgan fingerprint density at radius 1 is 1.57 bits per heavy atom. The number of hydrogen-bond acceptors (Lipinski definition) is 2. The molecular weight excluding hydrogens is 197 g/mol. The van der Waals surface area contributed by atoms with Crippen LogP contribution in [0.3, 0.4) is 0 Å². The minimum atomic E-state index is -0.818. The Bertz CT molecular complexity index is 291. The summed E-state index contributed by atoms with van der Waals surface area (Å²) in [5.74, 6) is 0. The second-order valence-electron chi connectivity index (χ2n) is 3.89. The molecule has 0 spiro atoms. The van der Waals surface area contributed by atoms with E-state index in [-0.39, 0.29) is 6.04 Å². The van der Waals surface area contributed by atoms with E-state index >= 15 is 0 Å². The van der Waals surface area contributed by atoms with Gasteiger partial charge in [0.2, 0.25) is 0 Å². The maximum atomic E-state index is 14.1. The minimum Gasteiger partial charge on any atom is -0.311 e. The molecule has 2 heterocycles. The molecule has 0 aromatic carbocycles. The Labute approximate surface area is 88.3 Å². The Morgan fingerprint density at radius 2 is 2.43 bits per heavy atom. The van der Waals surface area contributed by atoms with E-state index in [0.29, 0.717) is 0 Å². The van der Waals surface area contributed by atoms with Gasteiger partial charge in [0.25, 0.3) is 0 Å². The number of piperidine rings is 1. The number of thiophene rings is 1. The fourth-order valence-corrected chi connectivity index (χ4v) is 2.76. The van der Waals surface area contributed by atoms with Crippen molar-refractivity contribution >= 4 is 11.3 Å². The van der Waals surface area contributed by atoms with E-state index in [4.69, 9.17) is 0 Å². The molecule has 2 rings (SSSR count). The Hall–Kier alpha value is -0.410. The van der Waals surface area contributed by atoms with Gasteiger partial charge in [-0.15, -0.1) is 11.3 Å². The third-order valence-electron chi connectivity index (χ3n) is 2.90. The van der Waals surface area contributed by atoms with Gasteiger partial charge >= 0.3 is 0 Å². The summed E-state index contributed by atoms with van der Waals surface area (Å²) < 4.78 is 14.1. The topological polar surface area (TPSA) is 12.0 Å². The van der Waals surface area contributed by atoms with E-state index in [0.717, 1.165) is 29.8 Å². The number of nitrogens with one attached hydrogen (secondary N) is 1. The van der Waals surface area contributed by atoms with Crippen LogP contribution in [0.15, 0.2) is 11.4 Å². The average molecular weight is 213 g/mol. The zero-order valence-electron chi connectivity index (χ0n) is 8.42. The molecule has 2 atom stereocenters. The predicted octanol–water partition coefficient (Wildman–Crippen LogP) is 3.21. The average Bonchev–Trinajstić information content (AvgIpc) is 2.65. The molecule has 0 bridgehead atoms. The van der Waals surface area contributed by atoms with Gasteiger partial charge in [-0.25, -0.2) is 4.39 Å². The number of alkyl halides is 1. The minimum absolute atomic E-state index is 0.0389. The quantitative estimate of drug-likeness (QED) is 0.795. The van der Waals surface area contributed by atoms with Gasteiger partial charge in [-0.05, 0) is 37.8 Å². The first-order valence-electron chi connectivity index (χ1n) is 5.20. The molecule has 0 radical (unpaired) electrons. The predicted molar refractivity (Wildman–Crippen MR) is 58.5 cm³/mol. The van der Waals surface area contributed by atoms with Crippen molar-refractivity contribution in [3.05, 3.63) is 21.9 Å². The normalized spacial score (nSPS) is 24.9. The molecule has 1 N–H and O–H groups in total. The molecule has 78 valence electrons. The van der Waals surface area contributed by atoms with E-state index in [9.17, 15) is 4.39 Å². The molecule has 1 saturated heterocycles. The Morgan fingerprint density at radius 3 is 3.00 bits per heavy atom. The molecule has 0 aliphatic carbocycles. The highest BCUT2D eigenvalue weighted by molar-refractivity contribution is 7.10. The van der Waals surface area contributed by atoms with Gasteiger partial charge in [0.05, 0.1) is 0 Å². The third kappa shape index (κ3) is 1.98. The van der Waals surface area contributed by atoms with Gasteiger partial charge in [0.15, 0.2) is 0 Å². The first-order chi connectivity index (χ1) is 6.79. The van der Waals surface area contributed by atoms with Gasteiger partial charge in [-0.1, -0.05) is 6.42 Å². The fraction of sp³-hybridized carbons (Fsp3) is 0.636. The van der Waals surface area contributed by atoms with Crippen LogP contribution >= 0.6 is 11.3 Å². The van der Waals surface area contributed by atoms with Crippen molar-refractivity contribution < 1.29 is 4.39 Å². The lowest BCUT2D eigenvalue weighted by molar-refractivity contribution is 0.221. The summed E-state index contributed by atoms with van der Waals surface area (Å²) in [4.78, 5) is 1.12. The highest BCUT2D eigenvalue weighted by atomic mass is 32.1. The lowest BCUT2D eigenvalue weighted by atomic mass is 9.96. The molecule has 2 unspecified atom stereocenters. The summed E-state index contributed by atoms with van der Waals surface area (Å²) in [6, 6.07) is 1.96. The summed E-state index contributed by atoms with van der Waals surface area (Å²) in [5, 5.41) is 5.24. The van der Waals surface area contributed by atoms with E-state index in [1.807, 2.05) is 18.4 Å². The van der Waals surface area contributed by atoms with Crippen molar-refractivity contribution in [2.75, 3.05) is 6.54 Å². The van der Waals surface area contributed by atoms with Crippen LogP contribution in [0.25, 0.3) is 0 Å². The fourth-order valence-electron chi connectivity index (χ4n) is 2.03. The second kappa shape index (κ2) is 4.41. The van der Waals surface area contributed by atoms with Crippen molar-refractivity contribution in [2.45, 2.75) is 38.4 Å². The maximum absolute atomic E-state index is 14.1. The van der Waals surface area contributed by atoms with Crippen LogP contribution in [0.4, 0.5) is 4.39 Å². The standard InChI is InChI=1S/C11H16FNS/c1-8-9(5-7-14-8)11(12)10-4-2-3-6-13-10/h5,7,10-11,13H,2-4,6H2,1H3. The van der Waals surface area contributed by atoms with Crippen LogP contribution in [0, 0.1) is 6.92 Å². The summed E-state index contributed by atoms with van der Waals surface area (Å²) >= 11 is 1.63. The summed E-state index contributed by atoms with van der Waals surface area (Å²) in [5.41, 5.74) is 0.884. The monoisotopic (exact) mass is 213 g/mol. The molecule has 3 heteroatoms. The highest BCUT2D eigenvalue weighted by Gasteiger charge is 2.25. The van der Waals surface area contributed by atoms with E-state index in [1.165, 1.54) is 6.42 Å². The van der Waals surface area contributed by atoms with Gasteiger partial charge < -0.3 is 5.32 Å². The number of rotatable bonds is 2. The van der Waals surface area contributed by atoms with E-state index in [1.54, 1.807) is 11.3 Å². The van der Waals surface area contributed by atoms with Crippen LogP contribution < -0.4 is 5.32 Å². The first-order valence-corrected chi connectivity index (χ1v) is 6.08. The lowest BCUT2D eigenvalue weighted by Gasteiger charge is -2.26. The molecule has 1 nitrogen and oxygen atoms in total. The largest absolute Gasteiger partial charge is 0.311 e. The number of hydrogen-bond donors (Lipinski definition) is 1. The highest BCUT2D eigenvalue weighted by Crippen LogP contribution is 2.31. The van der Waals surface area contributed by atoms with E-state index < -0.39 is 6.17 Å². The molecule has 1 aromatic rings. The molecular formula is C11H16FNS. The molecule has 0 saturated carbocycles. The van der Waals surface area contributed by atoms with Crippen molar-refractivity contribution in [2.24, 2.45) is 0 Å².